The molecule has 15 heavy (non-hydrogen) atoms. The quantitative estimate of drug-likeness (QED) is 0.580. The van der Waals surface area contributed by atoms with Crippen molar-refractivity contribution < 1.29 is 9.66 Å². The molecule has 0 bridgehead atoms. The van der Waals surface area contributed by atoms with E-state index in [1.165, 1.54) is 18.4 Å². The predicted molar refractivity (Wildman–Crippen MR) is 57.6 cm³/mol. The van der Waals surface area contributed by atoms with Crippen molar-refractivity contribution in [2.75, 3.05) is 7.11 Å². The van der Waals surface area contributed by atoms with E-state index in [2.05, 4.69) is 4.98 Å². The summed E-state index contributed by atoms with van der Waals surface area (Å²) in [4.78, 5) is 14.6. The molecule has 1 aromatic heterocycles. The second kappa shape index (κ2) is 3.47. The standard InChI is InChI=1S/C9H8N2O3S/c1-5-10-8-7(15-5)4-3-6(14-2)9(8)11(12)13/h3-4H,1-2H3. The van der Waals surface area contributed by atoms with Crippen LogP contribution in [-0.4, -0.2) is 17.0 Å². The van der Waals surface area contributed by atoms with Crippen LogP contribution in [0, 0.1) is 17.0 Å². The number of fused-ring (bicyclic) bond motifs is 1. The number of ether oxygens (including phenoxy) is 1. The third-order valence-corrected chi connectivity index (χ3v) is 2.94. The van der Waals surface area contributed by atoms with Crippen molar-refractivity contribution in [1.82, 2.24) is 4.98 Å². The van der Waals surface area contributed by atoms with E-state index in [1.807, 2.05) is 6.92 Å². The minimum atomic E-state index is -0.458. The van der Waals surface area contributed by atoms with Crippen LogP contribution in [0.4, 0.5) is 5.69 Å². The maximum absolute atomic E-state index is 10.9. The van der Waals surface area contributed by atoms with Crippen LogP contribution in [0.1, 0.15) is 5.01 Å². The van der Waals surface area contributed by atoms with Gasteiger partial charge in [-0.05, 0) is 19.1 Å². The summed E-state index contributed by atoms with van der Waals surface area (Å²) in [6, 6.07) is 3.38. The van der Waals surface area contributed by atoms with E-state index in [4.69, 9.17) is 4.74 Å². The van der Waals surface area contributed by atoms with Crippen molar-refractivity contribution in [3.8, 4) is 5.75 Å². The average Bonchev–Trinajstić information content (AvgIpc) is 2.55. The highest BCUT2D eigenvalue weighted by Gasteiger charge is 2.21. The van der Waals surface area contributed by atoms with Crippen molar-refractivity contribution >= 4 is 27.2 Å². The Morgan fingerprint density at radius 2 is 2.27 bits per heavy atom. The molecule has 0 amide bonds. The Bertz CT molecular complexity index is 535. The van der Waals surface area contributed by atoms with Crippen molar-refractivity contribution in [1.29, 1.82) is 0 Å². The Morgan fingerprint density at radius 1 is 1.53 bits per heavy atom. The van der Waals surface area contributed by atoms with Crippen LogP contribution in [0.3, 0.4) is 0 Å². The van der Waals surface area contributed by atoms with Gasteiger partial charge in [-0.3, -0.25) is 10.1 Å². The lowest BCUT2D eigenvalue weighted by atomic mass is 10.2. The molecular weight excluding hydrogens is 216 g/mol. The monoisotopic (exact) mass is 224 g/mol. The molecule has 1 heterocycles. The molecule has 0 aliphatic carbocycles. The Kier molecular flexibility index (Phi) is 2.28. The van der Waals surface area contributed by atoms with E-state index in [-0.39, 0.29) is 11.4 Å². The van der Waals surface area contributed by atoms with Crippen molar-refractivity contribution in [3.05, 3.63) is 27.3 Å². The Labute approximate surface area is 89.5 Å². The van der Waals surface area contributed by atoms with E-state index in [0.717, 1.165) is 9.71 Å². The first-order valence-corrected chi connectivity index (χ1v) is 5.03. The lowest BCUT2D eigenvalue weighted by Crippen LogP contribution is -1.94. The third-order valence-electron chi connectivity index (χ3n) is 2.01. The molecule has 5 nitrogen and oxygen atoms in total. The molecule has 78 valence electrons. The van der Waals surface area contributed by atoms with Crippen LogP contribution >= 0.6 is 11.3 Å². The number of thiazole rings is 1. The summed E-state index contributed by atoms with van der Waals surface area (Å²) in [5.74, 6) is 0.248. The van der Waals surface area contributed by atoms with Gasteiger partial charge in [0.2, 0.25) is 0 Å². The molecule has 0 atom stereocenters. The molecule has 0 aliphatic heterocycles. The van der Waals surface area contributed by atoms with Gasteiger partial charge in [0.25, 0.3) is 0 Å². The second-order valence-corrected chi connectivity index (χ2v) is 4.19. The van der Waals surface area contributed by atoms with Gasteiger partial charge < -0.3 is 4.74 Å². The molecule has 1 aromatic carbocycles. The first-order valence-electron chi connectivity index (χ1n) is 4.22. The number of aryl methyl sites for hydroxylation is 1. The van der Waals surface area contributed by atoms with Gasteiger partial charge >= 0.3 is 5.69 Å². The number of hydrogen-bond acceptors (Lipinski definition) is 5. The predicted octanol–water partition coefficient (Wildman–Crippen LogP) is 2.52. The summed E-state index contributed by atoms with van der Waals surface area (Å²) in [7, 11) is 1.41. The van der Waals surface area contributed by atoms with Crippen LogP contribution < -0.4 is 4.74 Å². The molecule has 0 spiro atoms. The van der Waals surface area contributed by atoms with E-state index >= 15 is 0 Å². The van der Waals surface area contributed by atoms with Crippen LogP contribution in [-0.2, 0) is 0 Å². The zero-order valence-corrected chi connectivity index (χ0v) is 9.00. The second-order valence-electron chi connectivity index (χ2n) is 2.95. The van der Waals surface area contributed by atoms with Crippen LogP contribution in [0.25, 0.3) is 10.2 Å². The van der Waals surface area contributed by atoms with Gasteiger partial charge in [-0.2, -0.15) is 0 Å². The smallest absolute Gasteiger partial charge is 0.337 e. The fraction of sp³-hybridized carbons (Fsp3) is 0.222. The molecule has 0 saturated heterocycles. The van der Waals surface area contributed by atoms with Crippen molar-refractivity contribution in [2.24, 2.45) is 0 Å². The molecule has 0 saturated carbocycles. The molecule has 0 N–H and O–H groups in total. The fourth-order valence-electron chi connectivity index (χ4n) is 1.41. The van der Waals surface area contributed by atoms with Gasteiger partial charge in [-0.1, -0.05) is 0 Å². The lowest BCUT2D eigenvalue weighted by molar-refractivity contribution is -0.384. The van der Waals surface area contributed by atoms with Crippen LogP contribution in [0.2, 0.25) is 0 Å². The largest absolute Gasteiger partial charge is 0.490 e. The lowest BCUT2D eigenvalue weighted by Gasteiger charge is -2.00. The third kappa shape index (κ3) is 1.52. The van der Waals surface area contributed by atoms with E-state index in [1.54, 1.807) is 12.1 Å². The average molecular weight is 224 g/mol. The van der Waals surface area contributed by atoms with Gasteiger partial charge in [0.1, 0.15) is 0 Å². The Hall–Kier alpha value is -1.69. The van der Waals surface area contributed by atoms with Gasteiger partial charge in [0.05, 0.1) is 21.7 Å². The number of nitrogens with zero attached hydrogens (tertiary/aromatic N) is 2. The summed E-state index contributed by atoms with van der Waals surface area (Å²) in [6.45, 7) is 1.82. The molecule has 2 aromatic rings. The summed E-state index contributed by atoms with van der Waals surface area (Å²) in [6.07, 6.45) is 0. The number of hydrogen-bond donors (Lipinski definition) is 0. The van der Waals surface area contributed by atoms with E-state index in [9.17, 15) is 10.1 Å². The summed E-state index contributed by atoms with van der Waals surface area (Å²) < 4.78 is 5.75. The number of aromatic nitrogens is 1. The minimum absolute atomic E-state index is 0.0562. The van der Waals surface area contributed by atoms with Crippen LogP contribution in [0.15, 0.2) is 12.1 Å². The van der Waals surface area contributed by atoms with Crippen molar-refractivity contribution in [2.45, 2.75) is 6.92 Å². The highest BCUT2D eigenvalue weighted by molar-refractivity contribution is 7.18. The van der Waals surface area contributed by atoms with E-state index in [0.29, 0.717) is 5.52 Å². The zero-order chi connectivity index (χ0) is 11.0. The minimum Gasteiger partial charge on any atom is -0.490 e. The normalized spacial score (nSPS) is 10.5. The fourth-order valence-corrected chi connectivity index (χ4v) is 2.24. The molecule has 6 heteroatoms. The number of methoxy groups -OCH3 is 1. The topological polar surface area (TPSA) is 65.3 Å². The molecule has 0 fully saturated rings. The summed E-state index contributed by atoms with van der Waals surface area (Å²) in [5.41, 5.74) is 0.348. The first-order chi connectivity index (χ1) is 7.13. The maximum Gasteiger partial charge on any atom is 0.337 e. The molecule has 0 aliphatic rings. The van der Waals surface area contributed by atoms with Gasteiger partial charge in [-0.25, -0.2) is 4.98 Å². The maximum atomic E-state index is 10.9. The Morgan fingerprint density at radius 3 is 2.87 bits per heavy atom. The van der Waals surface area contributed by atoms with Gasteiger partial charge in [-0.15, -0.1) is 11.3 Å². The van der Waals surface area contributed by atoms with Gasteiger partial charge in [0.15, 0.2) is 11.3 Å². The number of rotatable bonds is 2. The van der Waals surface area contributed by atoms with Gasteiger partial charge in [0, 0.05) is 0 Å². The SMILES string of the molecule is COc1ccc2sc(C)nc2c1[N+](=O)[O-]. The zero-order valence-electron chi connectivity index (χ0n) is 8.18. The van der Waals surface area contributed by atoms with Crippen LogP contribution in [0.5, 0.6) is 5.75 Å². The summed E-state index contributed by atoms with van der Waals surface area (Å²) >= 11 is 1.43. The molecule has 0 radical (unpaired) electrons. The molecule has 0 unspecified atom stereocenters. The summed E-state index contributed by atoms with van der Waals surface area (Å²) in [5, 5.41) is 11.7. The number of nitro groups is 1. The van der Waals surface area contributed by atoms with E-state index < -0.39 is 4.92 Å². The molecular formula is C9H8N2O3S. The molecule has 2 rings (SSSR count). The first kappa shape index (κ1) is 9.85. The number of benzene rings is 1. The highest BCUT2D eigenvalue weighted by Crippen LogP contribution is 2.36. The Balaban J connectivity index is 2.83. The highest BCUT2D eigenvalue weighted by atomic mass is 32.1. The number of nitro benzene ring substituents is 1. The van der Waals surface area contributed by atoms with Crippen molar-refractivity contribution in [3.63, 3.8) is 0 Å².